The quantitative estimate of drug-likeness (QED) is 0.0805. The van der Waals surface area contributed by atoms with E-state index < -0.39 is 33.7 Å². The van der Waals surface area contributed by atoms with Gasteiger partial charge in [-0.2, -0.15) is 0 Å². The second-order valence-corrected chi connectivity index (χ2v) is 10.9. The second-order valence-electron chi connectivity index (χ2n) is 9.34. The fraction of sp³-hybridized carbons (Fsp3) is 0.923. The molecule has 0 bridgehead atoms. The maximum absolute atomic E-state index is 12.1. The molecule has 3 N–H and O–H groups in total. The molecule has 0 saturated heterocycles. The van der Waals surface area contributed by atoms with Crippen LogP contribution in [0.3, 0.4) is 0 Å². The number of hydrogen-bond donors (Lipinski definition) is 3. The normalized spacial score (nSPS) is 13.5. The Kier molecular flexibility index (Phi) is 30.8. The minimum absolute atomic E-state index is 0. The first-order valence-electron chi connectivity index (χ1n) is 13.9. The Labute approximate surface area is 258 Å². The topological polar surface area (TPSA) is 174 Å². The average molecular weight is 594 g/mol. The third-order valence-corrected chi connectivity index (χ3v) is 7.30. The average Bonchev–Trinajstić information content (AvgIpc) is 2.87. The maximum Gasteiger partial charge on any atom is 1.00 e. The van der Waals surface area contributed by atoms with E-state index in [2.05, 4.69) is 13.8 Å². The smallest absolute Gasteiger partial charge is 0.747 e. The number of nitrogens with zero attached hydrogens (tertiary/aromatic N) is 1. The molecule has 39 heavy (non-hydrogen) atoms. The van der Waals surface area contributed by atoms with Crippen molar-refractivity contribution in [1.82, 2.24) is 4.90 Å². The van der Waals surface area contributed by atoms with E-state index in [0.717, 1.165) is 51.4 Å². The molecule has 0 fully saturated rings. The van der Waals surface area contributed by atoms with Crippen molar-refractivity contribution in [2.75, 3.05) is 52.7 Å². The number of carbonyl (C=O) groups excluding carboxylic acids is 2. The van der Waals surface area contributed by atoms with Crippen LogP contribution >= 0.6 is 0 Å². The molecule has 0 aliphatic rings. The first-order valence-corrected chi connectivity index (χ1v) is 15.3. The van der Waals surface area contributed by atoms with Gasteiger partial charge in [-0.3, -0.25) is 14.5 Å². The molecule has 0 aromatic rings. The third-order valence-electron chi connectivity index (χ3n) is 6.24. The van der Waals surface area contributed by atoms with Gasteiger partial charge in [0, 0.05) is 19.6 Å². The molecule has 0 rings (SSSR count). The van der Waals surface area contributed by atoms with Crippen LogP contribution in [0.15, 0.2) is 0 Å². The molecule has 0 heterocycles. The van der Waals surface area contributed by atoms with E-state index in [4.69, 9.17) is 24.8 Å². The van der Waals surface area contributed by atoms with Crippen molar-refractivity contribution in [3.63, 3.8) is 0 Å². The number of aliphatic hydroxyl groups excluding tert-OH is 3. The van der Waals surface area contributed by atoms with Crippen LogP contribution < -0.4 is 29.6 Å². The van der Waals surface area contributed by atoms with Crippen molar-refractivity contribution in [3.05, 3.63) is 0 Å². The summed E-state index contributed by atoms with van der Waals surface area (Å²) in [5.74, 6) is -1.74. The molecule has 228 valence electrons. The van der Waals surface area contributed by atoms with Crippen molar-refractivity contribution in [1.29, 1.82) is 0 Å². The zero-order valence-corrected chi connectivity index (χ0v) is 27.6. The molecule has 0 aromatic heterocycles. The van der Waals surface area contributed by atoms with Gasteiger partial charge in [-0.05, 0) is 24.7 Å². The summed E-state index contributed by atoms with van der Waals surface area (Å²) in [5, 5.41) is 23.4. The Morgan fingerprint density at radius 3 is 1.54 bits per heavy atom. The third kappa shape index (κ3) is 24.0. The van der Waals surface area contributed by atoms with Crippen LogP contribution in [0.4, 0.5) is 0 Å². The van der Waals surface area contributed by atoms with Gasteiger partial charge < -0.3 is 29.3 Å². The van der Waals surface area contributed by atoms with Gasteiger partial charge in [-0.25, -0.2) is 8.42 Å². The number of ether oxygens (including phenoxy) is 2. The molecule has 3 atom stereocenters. The van der Waals surface area contributed by atoms with Crippen molar-refractivity contribution in [2.24, 2.45) is 11.8 Å². The zero-order valence-electron chi connectivity index (χ0n) is 24.8. The minimum Gasteiger partial charge on any atom is -0.747 e. The van der Waals surface area contributed by atoms with Crippen LogP contribution in [-0.2, 0) is 29.2 Å². The molecular weight excluding hydrogens is 541 g/mol. The summed E-state index contributed by atoms with van der Waals surface area (Å²) in [6.07, 6.45) is 6.58. The first-order chi connectivity index (χ1) is 18.0. The van der Waals surface area contributed by atoms with E-state index in [1.54, 1.807) is 4.90 Å². The Bertz CT molecular complexity index is 682. The van der Waals surface area contributed by atoms with Crippen molar-refractivity contribution < 1.29 is 76.9 Å². The van der Waals surface area contributed by atoms with E-state index >= 15 is 0 Å². The summed E-state index contributed by atoms with van der Waals surface area (Å²) in [4.78, 5) is 25.9. The molecule has 0 radical (unpaired) electrons. The maximum atomic E-state index is 12.1. The Hall–Kier alpha value is -0.310. The van der Waals surface area contributed by atoms with Gasteiger partial charge in [-0.1, -0.05) is 66.2 Å². The molecule has 0 spiro atoms. The molecular formula is C26H52NNaO10S. The van der Waals surface area contributed by atoms with Gasteiger partial charge in [-0.15, -0.1) is 0 Å². The standard InChI is InChI=1S/C20H38O7S.C6H15NO3.Na/c1-5-9-11-16(7-3)14-26-19(21)13-18(28(23,24)25)20(22)27-15-17(8-4)12-10-6-2;8-4-1-7(2-5-9)3-6-10;/h16-18H,5-15H2,1-4H3,(H,23,24,25);8-10H,1-6H2;/q;;+1/p-1. The monoisotopic (exact) mass is 593 g/mol. The number of hydrogen-bond acceptors (Lipinski definition) is 11. The van der Waals surface area contributed by atoms with Crippen molar-refractivity contribution in [2.45, 2.75) is 90.7 Å². The molecule has 11 nitrogen and oxygen atoms in total. The zero-order chi connectivity index (χ0) is 29.4. The number of carbonyl (C=O) groups is 2. The molecule has 0 aliphatic heterocycles. The number of rotatable bonds is 22. The SMILES string of the molecule is CCCCC(CC)COC(=O)CC(C(=O)OCC(CC)CCCC)S(=O)(=O)[O-].OCCN(CCO)CCO.[Na+]. The van der Waals surface area contributed by atoms with Crippen molar-refractivity contribution in [3.8, 4) is 0 Å². The van der Waals surface area contributed by atoms with Gasteiger partial charge in [0.25, 0.3) is 0 Å². The second kappa shape index (κ2) is 27.8. The van der Waals surface area contributed by atoms with Gasteiger partial charge in [0.15, 0.2) is 5.25 Å². The number of esters is 2. The van der Waals surface area contributed by atoms with E-state index in [1.807, 2.05) is 13.8 Å². The first kappa shape index (κ1) is 43.1. The van der Waals surface area contributed by atoms with Gasteiger partial charge >= 0.3 is 41.5 Å². The van der Waals surface area contributed by atoms with E-state index in [0.29, 0.717) is 19.6 Å². The number of aliphatic hydroxyl groups is 3. The predicted octanol–water partition coefficient (Wildman–Crippen LogP) is -0.921. The summed E-state index contributed by atoms with van der Waals surface area (Å²) in [5.41, 5.74) is 0. The van der Waals surface area contributed by atoms with Gasteiger partial charge in [0.2, 0.25) is 0 Å². The number of unbranched alkanes of at least 4 members (excludes halogenated alkanes) is 2. The van der Waals surface area contributed by atoms with E-state index in [9.17, 15) is 22.6 Å². The fourth-order valence-electron chi connectivity index (χ4n) is 3.57. The van der Waals surface area contributed by atoms with Crippen LogP contribution in [0.5, 0.6) is 0 Å². The van der Waals surface area contributed by atoms with Crippen LogP contribution in [0.2, 0.25) is 0 Å². The molecule has 13 heteroatoms. The van der Waals surface area contributed by atoms with Crippen LogP contribution in [0, 0.1) is 11.8 Å². The Morgan fingerprint density at radius 2 is 1.21 bits per heavy atom. The predicted molar refractivity (Wildman–Crippen MR) is 144 cm³/mol. The molecule has 0 amide bonds. The molecule has 0 aliphatic carbocycles. The minimum atomic E-state index is -5.01. The molecule has 3 unspecified atom stereocenters. The summed E-state index contributed by atoms with van der Waals surface area (Å²) >= 11 is 0. The Morgan fingerprint density at radius 1 is 0.795 bits per heavy atom. The summed E-state index contributed by atoms with van der Waals surface area (Å²) in [6, 6.07) is 0. The molecule has 0 saturated carbocycles. The van der Waals surface area contributed by atoms with Crippen LogP contribution in [-0.4, -0.2) is 103 Å². The van der Waals surface area contributed by atoms with Gasteiger partial charge in [0.1, 0.15) is 10.1 Å². The summed E-state index contributed by atoms with van der Waals surface area (Å²) in [6.45, 7) is 10.0. The molecule has 0 aromatic carbocycles. The van der Waals surface area contributed by atoms with Crippen LogP contribution in [0.25, 0.3) is 0 Å². The summed E-state index contributed by atoms with van der Waals surface area (Å²) in [7, 11) is -5.01. The van der Waals surface area contributed by atoms with Crippen LogP contribution in [0.1, 0.15) is 85.5 Å². The summed E-state index contributed by atoms with van der Waals surface area (Å²) < 4.78 is 44.6. The Balaban J connectivity index is -0.000000995. The van der Waals surface area contributed by atoms with Gasteiger partial charge in [0.05, 0.1) is 39.5 Å². The van der Waals surface area contributed by atoms with E-state index in [-0.39, 0.29) is 74.4 Å². The van der Waals surface area contributed by atoms with Crippen molar-refractivity contribution >= 4 is 22.1 Å². The van der Waals surface area contributed by atoms with E-state index in [1.165, 1.54) is 0 Å². The largest absolute Gasteiger partial charge is 1.00 e. The fourth-order valence-corrected chi connectivity index (χ4v) is 4.22.